The molecule has 1 fully saturated rings. The average Bonchev–Trinajstić information content (AvgIpc) is 2.59. The summed E-state index contributed by atoms with van der Waals surface area (Å²) < 4.78 is 5.48. The van der Waals surface area contributed by atoms with Gasteiger partial charge in [0, 0.05) is 46.3 Å². The first kappa shape index (κ1) is 21.7. The molecule has 0 aromatic heterocycles. The Morgan fingerprint density at radius 1 is 1.24 bits per heavy atom. The van der Waals surface area contributed by atoms with Crippen LogP contribution in [0.2, 0.25) is 0 Å². The van der Waals surface area contributed by atoms with Crippen molar-refractivity contribution >= 4 is 11.9 Å². The lowest BCUT2D eigenvalue weighted by atomic mass is 10.0. The van der Waals surface area contributed by atoms with Gasteiger partial charge in [0.1, 0.15) is 6.54 Å². The fourth-order valence-electron chi connectivity index (χ4n) is 2.77. The van der Waals surface area contributed by atoms with Gasteiger partial charge >= 0.3 is 0 Å². The third kappa shape index (κ3) is 9.07. The number of likely N-dealkylation sites (N-methyl/N-ethyl adjacent to an activating group) is 1. The lowest BCUT2D eigenvalue weighted by molar-refractivity contribution is -0.127. The van der Waals surface area contributed by atoms with Crippen molar-refractivity contribution in [1.82, 2.24) is 20.4 Å². The summed E-state index contributed by atoms with van der Waals surface area (Å²) in [6, 6.07) is 0.446. The molecule has 7 heteroatoms. The zero-order valence-corrected chi connectivity index (χ0v) is 16.7. The van der Waals surface area contributed by atoms with Crippen LogP contribution >= 0.6 is 0 Å². The van der Waals surface area contributed by atoms with Crippen molar-refractivity contribution in [3.8, 4) is 0 Å². The highest BCUT2D eigenvalue weighted by Gasteiger charge is 2.22. The van der Waals surface area contributed by atoms with Gasteiger partial charge in [-0.2, -0.15) is 0 Å². The molecule has 1 amide bonds. The van der Waals surface area contributed by atoms with Crippen LogP contribution in [-0.2, 0) is 9.53 Å². The van der Waals surface area contributed by atoms with Crippen LogP contribution in [-0.4, -0.2) is 87.7 Å². The number of morpholine rings is 1. The number of hydrogen-bond donors (Lipinski definition) is 2. The summed E-state index contributed by atoms with van der Waals surface area (Å²) in [5.41, 5.74) is 0. The summed E-state index contributed by atoms with van der Waals surface area (Å²) in [7, 11) is 3.50. The van der Waals surface area contributed by atoms with E-state index in [-0.39, 0.29) is 12.5 Å². The van der Waals surface area contributed by atoms with Crippen LogP contribution < -0.4 is 10.6 Å². The second-order valence-electron chi connectivity index (χ2n) is 7.19. The van der Waals surface area contributed by atoms with Gasteiger partial charge in [0.2, 0.25) is 5.91 Å². The third-order valence-electron chi connectivity index (χ3n) is 4.22. The molecule has 1 aliphatic rings. The lowest BCUT2D eigenvalue weighted by Gasteiger charge is -2.35. The number of amides is 1. The lowest BCUT2D eigenvalue weighted by Crippen LogP contribution is -2.51. The van der Waals surface area contributed by atoms with E-state index >= 15 is 0 Å². The molecule has 1 atom stereocenters. The van der Waals surface area contributed by atoms with Crippen molar-refractivity contribution in [2.24, 2.45) is 10.9 Å². The van der Waals surface area contributed by atoms with Gasteiger partial charge in [0.15, 0.2) is 5.96 Å². The van der Waals surface area contributed by atoms with Crippen LogP contribution in [0.1, 0.15) is 33.6 Å². The van der Waals surface area contributed by atoms with Gasteiger partial charge in [-0.3, -0.25) is 9.69 Å². The van der Waals surface area contributed by atoms with Crippen LogP contribution in [0.25, 0.3) is 0 Å². The number of nitrogens with zero attached hydrogens (tertiary/aromatic N) is 3. The minimum Gasteiger partial charge on any atom is -0.379 e. The van der Waals surface area contributed by atoms with E-state index in [4.69, 9.17) is 4.74 Å². The van der Waals surface area contributed by atoms with Crippen molar-refractivity contribution in [2.75, 3.05) is 60.0 Å². The molecule has 1 saturated heterocycles. The number of carbonyl (C=O) groups is 1. The van der Waals surface area contributed by atoms with Gasteiger partial charge < -0.3 is 20.3 Å². The predicted octanol–water partition coefficient (Wildman–Crippen LogP) is 0.767. The van der Waals surface area contributed by atoms with Crippen molar-refractivity contribution < 1.29 is 9.53 Å². The molecule has 1 heterocycles. The van der Waals surface area contributed by atoms with Crippen molar-refractivity contribution in [1.29, 1.82) is 0 Å². The molecule has 0 bridgehead atoms. The number of carbonyl (C=O) groups excluding carboxylic acids is 1. The largest absolute Gasteiger partial charge is 0.379 e. The van der Waals surface area contributed by atoms with E-state index in [1.165, 1.54) is 0 Å². The second-order valence-corrected chi connectivity index (χ2v) is 7.19. The standard InChI is InChI=1S/C18H37N5O2/c1-6-7-19-18(21-14-17(24)22(4)5)20-13-16(12-15(2)3)23-8-10-25-11-9-23/h15-16H,6-14H2,1-5H3,(H2,19,20,21). The Labute approximate surface area is 153 Å². The molecule has 146 valence electrons. The molecule has 0 saturated carbocycles. The highest BCUT2D eigenvalue weighted by molar-refractivity contribution is 5.84. The molecule has 0 aliphatic carbocycles. The molecular weight excluding hydrogens is 318 g/mol. The summed E-state index contributed by atoms with van der Waals surface area (Å²) in [5, 5.41) is 6.74. The number of hydrogen-bond acceptors (Lipinski definition) is 4. The normalized spacial score (nSPS) is 17.4. The summed E-state index contributed by atoms with van der Waals surface area (Å²) in [6.45, 7) is 12.0. The van der Waals surface area contributed by atoms with Crippen LogP contribution in [0, 0.1) is 5.92 Å². The van der Waals surface area contributed by atoms with Gasteiger partial charge in [-0.05, 0) is 18.8 Å². The van der Waals surface area contributed by atoms with Gasteiger partial charge in [0.05, 0.1) is 13.2 Å². The molecule has 0 aromatic rings. The monoisotopic (exact) mass is 355 g/mol. The predicted molar refractivity (Wildman–Crippen MR) is 103 cm³/mol. The van der Waals surface area contributed by atoms with Crippen molar-refractivity contribution in [3.63, 3.8) is 0 Å². The first-order valence-electron chi connectivity index (χ1n) is 9.48. The smallest absolute Gasteiger partial charge is 0.243 e. The van der Waals surface area contributed by atoms with E-state index in [0.717, 1.165) is 58.2 Å². The summed E-state index contributed by atoms with van der Waals surface area (Å²) >= 11 is 0. The Bertz CT molecular complexity index is 406. The molecule has 0 spiro atoms. The maximum Gasteiger partial charge on any atom is 0.243 e. The highest BCUT2D eigenvalue weighted by atomic mass is 16.5. The Morgan fingerprint density at radius 2 is 1.92 bits per heavy atom. The third-order valence-corrected chi connectivity index (χ3v) is 4.22. The first-order valence-corrected chi connectivity index (χ1v) is 9.48. The van der Waals surface area contributed by atoms with E-state index in [0.29, 0.717) is 12.0 Å². The Morgan fingerprint density at radius 3 is 2.48 bits per heavy atom. The van der Waals surface area contributed by atoms with E-state index in [1.54, 1.807) is 19.0 Å². The number of rotatable bonds is 9. The van der Waals surface area contributed by atoms with E-state index in [9.17, 15) is 4.79 Å². The zero-order chi connectivity index (χ0) is 18.7. The number of guanidine groups is 1. The molecule has 7 nitrogen and oxygen atoms in total. The van der Waals surface area contributed by atoms with Gasteiger partial charge in [-0.25, -0.2) is 4.99 Å². The molecule has 0 radical (unpaired) electrons. The highest BCUT2D eigenvalue weighted by Crippen LogP contribution is 2.12. The number of ether oxygens (including phenoxy) is 1. The number of nitrogens with one attached hydrogen (secondary N) is 2. The number of aliphatic imine (C=N–C) groups is 1. The van der Waals surface area contributed by atoms with Crippen molar-refractivity contribution in [2.45, 2.75) is 39.7 Å². The van der Waals surface area contributed by atoms with Crippen LogP contribution in [0.5, 0.6) is 0 Å². The van der Waals surface area contributed by atoms with Crippen LogP contribution in [0.3, 0.4) is 0 Å². The SMILES string of the molecule is CCCNC(=NCC(=O)N(C)C)NCC(CC(C)C)N1CCOCC1. The molecule has 1 rings (SSSR count). The first-order chi connectivity index (χ1) is 11.9. The van der Waals surface area contributed by atoms with Crippen LogP contribution in [0.4, 0.5) is 0 Å². The summed E-state index contributed by atoms with van der Waals surface area (Å²) in [6.07, 6.45) is 2.14. The summed E-state index contributed by atoms with van der Waals surface area (Å²) in [5.74, 6) is 1.36. The maximum atomic E-state index is 11.8. The van der Waals surface area contributed by atoms with E-state index in [2.05, 4.69) is 41.3 Å². The Hall–Kier alpha value is -1.34. The van der Waals surface area contributed by atoms with Crippen LogP contribution in [0.15, 0.2) is 4.99 Å². The fourth-order valence-corrected chi connectivity index (χ4v) is 2.77. The molecule has 2 N–H and O–H groups in total. The second kappa shape index (κ2) is 12.1. The van der Waals surface area contributed by atoms with E-state index in [1.807, 2.05) is 0 Å². The molecule has 25 heavy (non-hydrogen) atoms. The zero-order valence-electron chi connectivity index (χ0n) is 16.7. The molecule has 0 aromatic carbocycles. The topological polar surface area (TPSA) is 69.2 Å². The van der Waals surface area contributed by atoms with Gasteiger partial charge in [0.25, 0.3) is 0 Å². The molecule has 1 unspecified atom stereocenters. The molecular formula is C18H37N5O2. The minimum absolute atomic E-state index is 0.00417. The fraction of sp³-hybridized carbons (Fsp3) is 0.889. The van der Waals surface area contributed by atoms with Crippen molar-refractivity contribution in [3.05, 3.63) is 0 Å². The maximum absolute atomic E-state index is 11.8. The molecule has 1 aliphatic heterocycles. The Balaban J connectivity index is 2.64. The van der Waals surface area contributed by atoms with E-state index < -0.39 is 0 Å². The average molecular weight is 356 g/mol. The van der Waals surface area contributed by atoms with Gasteiger partial charge in [-0.15, -0.1) is 0 Å². The van der Waals surface area contributed by atoms with Gasteiger partial charge in [-0.1, -0.05) is 20.8 Å². The Kier molecular flexibility index (Phi) is 10.5. The summed E-state index contributed by atoms with van der Waals surface area (Å²) in [4.78, 5) is 20.3. The quantitative estimate of drug-likeness (QED) is 0.472. The minimum atomic E-state index is 0.00417.